The van der Waals surface area contributed by atoms with Crippen LogP contribution in [0.3, 0.4) is 0 Å². The molecule has 0 unspecified atom stereocenters. The fraction of sp³-hybridized carbons (Fsp3) is 0.0556. The standard InChI is InChI=1S/C18H12ClNO4S2/c1-23-14-8-10(9-15-16(21)20-18(25)26-15)6-7-13(14)24-17(22)11-4-2-3-5-12(11)19/h2-9H,1H3,(H,20,21,25)/b15-9+. The molecule has 1 fully saturated rings. The first-order chi connectivity index (χ1) is 12.5. The number of carbonyl (C=O) groups is 2. The summed E-state index contributed by atoms with van der Waals surface area (Å²) in [6, 6.07) is 11.6. The zero-order valence-electron chi connectivity index (χ0n) is 13.4. The average Bonchev–Trinajstić information content (AvgIpc) is 2.93. The molecular formula is C18H12ClNO4S2. The van der Waals surface area contributed by atoms with Gasteiger partial charge in [-0.1, -0.05) is 53.8 Å². The number of benzene rings is 2. The van der Waals surface area contributed by atoms with Crippen molar-refractivity contribution in [3.05, 3.63) is 63.5 Å². The van der Waals surface area contributed by atoms with Gasteiger partial charge >= 0.3 is 5.97 Å². The molecule has 8 heteroatoms. The van der Waals surface area contributed by atoms with Crippen molar-refractivity contribution < 1.29 is 19.1 Å². The normalized spacial score (nSPS) is 15.1. The minimum atomic E-state index is -0.587. The van der Waals surface area contributed by atoms with Crippen LogP contribution < -0.4 is 14.8 Å². The summed E-state index contributed by atoms with van der Waals surface area (Å²) in [5, 5.41) is 2.85. The Morgan fingerprint density at radius 1 is 1.23 bits per heavy atom. The Morgan fingerprint density at radius 3 is 2.65 bits per heavy atom. The number of ether oxygens (including phenoxy) is 2. The Bertz CT molecular complexity index is 943. The third-order valence-electron chi connectivity index (χ3n) is 3.42. The minimum absolute atomic E-state index is 0.242. The summed E-state index contributed by atoms with van der Waals surface area (Å²) >= 11 is 12.2. The number of halogens is 1. The monoisotopic (exact) mass is 405 g/mol. The number of thioether (sulfide) groups is 1. The molecule has 1 N–H and O–H groups in total. The Kier molecular flexibility index (Phi) is 5.61. The summed E-state index contributed by atoms with van der Waals surface area (Å²) < 4.78 is 11.1. The van der Waals surface area contributed by atoms with Crippen molar-refractivity contribution in [2.24, 2.45) is 0 Å². The third kappa shape index (κ3) is 4.07. The van der Waals surface area contributed by atoms with E-state index in [4.69, 9.17) is 33.3 Å². The van der Waals surface area contributed by atoms with Crippen LogP contribution in [-0.4, -0.2) is 23.3 Å². The molecule has 1 saturated heterocycles. The zero-order valence-corrected chi connectivity index (χ0v) is 15.8. The van der Waals surface area contributed by atoms with E-state index in [0.717, 1.165) is 0 Å². The molecule has 132 valence electrons. The summed E-state index contributed by atoms with van der Waals surface area (Å²) in [5.41, 5.74) is 0.969. The van der Waals surface area contributed by atoms with E-state index in [1.165, 1.54) is 18.9 Å². The van der Waals surface area contributed by atoms with Gasteiger partial charge in [0.15, 0.2) is 11.5 Å². The summed E-state index contributed by atoms with van der Waals surface area (Å²) in [4.78, 5) is 24.5. The smallest absolute Gasteiger partial charge is 0.345 e. The first-order valence-corrected chi connectivity index (χ1v) is 8.98. The van der Waals surface area contributed by atoms with Gasteiger partial charge in [0.2, 0.25) is 0 Å². The highest BCUT2D eigenvalue weighted by atomic mass is 35.5. The molecule has 2 aromatic carbocycles. The molecule has 1 aliphatic rings. The second-order valence-electron chi connectivity index (χ2n) is 5.13. The van der Waals surface area contributed by atoms with Crippen LogP contribution in [-0.2, 0) is 4.79 Å². The number of methoxy groups -OCH3 is 1. The molecule has 0 aliphatic carbocycles. The first-order valence-electron chi connectivity index (χ1n) is 7.37. The molecule has 0 radical (unpaired) electrons. The lowest BCUT2D eigenvalue weighted by Gasteiger charge is -2.10. The Morgan fingerprint density at radius 2 is 2.00 bits per heavy atom. The van der Waals surface area contributed by atoms with Gasteiger partial charge in [0.1, 0.15) is 4.32 Å². The van der Waals surface area contributed by atoms with E-state index < -0.39 is 5.97 Å². The van der Waals surface area contributed by atoms with Gasteiger partial charge in [0.25, 0.3) is 5.91 Å². The number of amides is 1. The van der Waals surface area contributed by atoms with Crippen molar-refractivity contribution in [3.8, 4) is 11.5 Å². The van der Waals surface area contributed by atoms with Crippen molar-refractivity contribution in [1.82, 2.24) is 5.32 Å². The number of carbonyl (C=O) groups excluding carboxylic acids is 2. The maximum Gasteiger partial charge on any atom is 0.345 e. The van der Waals surface area contributed by atoms with Crippen molar-refractivity contribution in [1.29, 1.82) is 0 Å². The maximum atomic E-state index is 12.3. The molecule has 1 heterocycles. The predicted molar refractivity (Wildman–Crippen MR) is 106 cm³/mol. The summed E-state index contributed by atoms with van der Waals surface area (Å²) in [6.45, 7) is 0. The van der Waals surface area contributed by atoms with E-state index in [1.54, 1.807) is 48.5 Å². The lowest BCUT2D eigenvalue weighted by atomic mass is 10.2. The van der Waals surface area contributed by atoms with Crippen LogP contribution in [0.1, 0.15) is 15.9 Å². The molecular weight excluding hydrogens is 394 g/mol. The van der Waals surface area contributed by atoms with Gasteiger partial charge in [-0.15, -0.1) is 0 Å². The molecule has 5 nitrogen and oxygen atoms in total. The lowest BCUT2D eigenvalue weighted by molar-refractivity contribution is -0.115. The van der Waals surface area contributed by atoms with Crippen LogP contribution in [0.5, 0.6) is 11.5 Å². The van der Waals surface area contributed by atoms with Crippen LogP contribution in [0.2, 0.25) is 5.02 Å². The van der Waals surface area contributed by atoms with E-state index in [-0.39, 0.29) is 17.2 Å². The maximum absolute atomic E-state index is 12.3. The van der Waals surface area contributed by atoms with Gasteiger partial charge in [-0.05, 0) is 35.9 Å². The van der Waals surface area contributed by atoms with Gasteiger partial charge in [0.05, 0.1) is 22.6 Å². The second-order valence-corrected chi connectivity index (χ2v) is 7.26. The highest BCUT2D eigenvalue weighted by Crippen LogP contribution is 2.32. The molecule has 0 spiro atoms. The van der Waals surface area contributed by atoms with E-state index in [0.29, 0.717) is 25.6 Å². The largest absolute Gasteiger partial charge is 0.493 e. The summed E-state index contributed by atoms with van der Waals surface area (Å²) in [7, 11) is 1.46. The molecule has 0 atom stereocenters. The molecule has 26 heavy (non-hydrogen) atoms. The van der Waals surface area contributed by atoms with Gasteiger partial charge < -0.3 is 14.8 Å². The highest BCUT2D eigenvalue weighted by molar-refractivity contribution is 8.26. The highest BCUT2D eigenvalue weighted by Gasteiger charge is 2.22. The number of esters is 1. The summed E-state index contributed by atoms with van der Waals surface area (Å²) in [5.74, 6) is -0.228. The number of hydrogen-bond donors (Lipinski definition) is 1. The van der Waals surface area contributed by atoms with Crippen LogP contribution in [0.4, 0.5) is 0 Å². The molecule has 1 aliphatic heterocycles. The second kappa shape index (κ2) is 7.90. The Balaban J connectivity index is 1.85. The zero-order chi connectivity index (χ0) is 18.7. The molecule has 2 aromatic rings. The van der Waals surface area contributed by atoms with Crippen molar-refractivity contribution in [2.45, 2.75) is 0 Å². The Hall–Kier alpha value is -2.35. The van der Waals surface area contributed by atoms with Crippen molar-refractivity contribution in [2.75, 3.05) is 7.11 Å². The lowest BCUT2D eigenvalue weighted by Crippen LogP contribution is -2.17. The van der Waals surface area contributed by atoms with E-state index in [2.05, 4.69) is 5.32 Å². The van der Waals surface area contributed by atoms with Gasteiger partial charge in [-0.25, -0.2) is 4.79 Å². The third-order valence-corrected chi connectivity index (χ3v) is 4.92. The van der Waals surface area contributed by atoms with Crippen LogP contribution in [0.25, 0.3) is 6.08 Å². The Labute approximate surface area is 164 Å². The van der Waals surface area contributed by atoms with E-state index in [1.807, 2.05) is 0 Å². The van der Waals surface area contributed by atoms with Crippen LogP contribution >= 0.6 is 35.6 Å². The molecule has 0 aromatic heterocycles. The number of rotatable bonds is 4. The van der Waals surface area contributed by atoms with Gasteiger partial charge in [-0.2, -0.15) is 0 Å². The van der Waals surface area contributed by atoms with Crippen molar-refractivity contribution >= 4 is 57.9 Å². The van der Waals surface area contributed by atoms with Crippen LogP contribution in [0, 0.1) is 0 Å². The SMILES string of the molecule is COc1cc(/C=C2/SC(=S)NC2=O)ccc1OC(=O)c1ccccc1Cl. The number of nitrogens with one attached hydrogen (secondary N) is 1. The molecule has 0 bridgehead atoms. The van der Waals surface area contributed by atoms with Crippen LogP contribution in [0.15, 0.2) is 47.4 Å². The molecule has 3 rings (SSSR count). The fourth-order valence-corrected chi connectivity index (χ4v) is 3.47. The number of thiocarbonyl (C=S) groups is 1. The quantitative estimate of drug-likeness (QED) is 0.358. The first kappa shape index (κ1) is 18.4. The topological polar surface area (TPSA) is 64.6 Å². The van der Waals surface area contributed by atoms with Gasteiger partial charge in [-0.3, -0.25) is 4.79 Å². The minimum Gasteiger partial charge on any atom is -0.493 e. The fourth-order valence-electron chi connectivity index (χ4n) is 2.21. The van der Waals surface area contributed by atoms with Crippen molar-refractivity contribution in [3.63, 3.8) is 0 Å². The molecule has 0 saturated carbocycles. The van der Waals surface area contributed by atoms with E-state index in [9.17, 15) is 9.59 Å². The molecule has 1 amide bonds. The average molecular weight is 406 g/mol. The van der Waals surface area contributed by atoms with E-state index >= 15 is 0 Å². The summed E-state index contributed by atoms with van der Waals surface area (Å²) in [6.07, 6.45) is 1.68. The predicted octanol–water partition coefficient (Wildman–Crippen LogP) is 4.06. The number of hydrogen-bond acceptors (Lipinski definition) is 6. The van der Waals surface area contributed by atoms with Gasteiger partial charge in [0, 0.05) is 0 Å².